The normalized spacial score (nSPS) is 10.9. The lowest BCUT2D eigenvalue weighted by molar-refractivity contribution is 0.0956. The molecule has 4 rings (SSSR count). The van der Waals surface area contributed by atoms with Crippen molar-refractivity contribution in [2.45, 2.75) is 0 Å². The van der Waals surface area contributed by atoms with E-state index >= 15 is 0 Å². The number of hydrazone groups is 1. The van der Waals surface area contributed by atoms with Crippen LogP contribution < -0.4 is 14.9 Å². The molecule has 2 heterocycles. The maximum absolute atomic E-state index is 13.0. The van der Waals surface area contributed by atoms with Crippen molar-refractivity contribution in [2.24, 2.45) is 5.10 Å². The first-order valence-electron chi connectivity index (χ1n) is 9.70. The van der Waals surface area contributed by atoms with E-state index in [0.717, 1.165) is 0 Å². The van der Waals surface area contributed by atoms with Crippen LogP contribution in [0.15, 0.2) is 72.0 Å². The second kappa shape index (κ2) is 9.13. The first-order valence-corrected chi connectivity index (χ1v) is 9.70. The quantitative estimate of drug-likeness (QED) is 0.358. The van der Waals surface area contributed by atoms with Gasteiger partial charge in [-0.15, -0.1) is 0 Å². The van der Waals surface area contributed by atoms with E-state index in [1.807, 2.05) is 42.5 Å². The number of nitrogens with zero attached hydrogens (tertiary/aromatic N) is 3. The molecular formula is C24H20N4O4. The van der Waals surface area contributed by atoms with Crippen molar-refractivity contribution >= 4 is 23.0 Å². The number of pyridine rings is 2. The number of nitrogens with one attached hydrogen (secondary N) is 1. The lowest BCUT2D eigenvalue weighted by Gasteiger charge is -2.09. The summed E-state index contributed by atoms with van der Waals surface area (Å²) in [7, 11) is 2.87. The number of phenols is 1. The van der Waals surface area contributed by atoms with E-state index in [1.54, 1.807) is 24.4 Å². The minimum absolute atomic E-state index is 0.110. The maximum Gasteiger partial charge on any atom is 0.272 e. The number of benzene rings is 2. The van der Waals surface area contributed by atoms with Gasteiger partial charge in [-0.25, -0.2) is 10.4 Å². The van der Waals surface area contributed by atoms with Gasteiger partial charge in [0.05, 0.1) is 42.9 Å². The highest BCUT2D eigenvalue weighted by Crippen LogP contribution is 2.36. The first kappa shape index (κ1) is 20.8. The zero-order valence-corrected chi connectivity index (χ0v) is 17.4. The molecule has 4 aromatic rings. The summed E-state index contributed by atoms with van der Waals surface area (Å²) in [4.78, 5) is 21.9. The molecule has 0 saturated heterocycles. The van der Waals surface area contributed by atoms with Gasteiger partial charge in [-0.3, -0.25) is 9.78 Å². The molecule has 0 aliphatic carbocycles. The number of carbonyl (C=O) groups is 1. The Morgan fingerprint density at radius 1 is 1.00 bits per heavy atom. The highest BCUT2D eigenvalue weighted by atomic mass is 16.5. The van der Waals surface area contributed by atoms with E-state index in [0.29, 0.717) is 33.4 Å². The van der Waals surface area contributed by atoms with Gasteiger partial charge >= 0.3 is 0 Å². The predicted octanol–water partition coefficient (Wildman–Crippen LogP) is 3.78. The molecule has 2 N–H and O–H groups in total. The number of fused-ring (bicyclic) bond motifs is 1. The van der Waals surface area contributed by atoms with Gasteiger partial charge in [0.15, 0.2) is 11.5 Å². The Labute approximate surface area is 184 Å². The van der Waals surface area contributed by atoms with E-state index in [4.69, 9.17) is 9.47 Å². The zero-order chi connectivity index (χ0) is 22.5. The maximum atomic E-state index is 13.0. The van der Waals surface area contributed by atoms with Crippen LogP contribution in [0.25, 0.3) is 22.3 Å². The highest BCUT2D eigenvalue weighted by Gasteiger charge is 2.14. The summed E-state index contributed by atoms with van der Waals surface area (Å²) in [6.07, 6.45) is 3.11. The molecule has 0 fully saturated rings. The Bertz CT molecular complexity index is 1280. The van der Waals surface area contributed by atoms with Gasteiger partial charge in [-0.2, -0.15) is 5.10 Å². The minimum Gasteiger partial charge on any atom is -0.502 e. The lowest BCUT2D eigenvalue weighted by atomic mass is 10.1. The Hall–Kier alpha value is -4.46. The number of para-hydroxylation sites is 1. The van der Waals surface area contributed by atoms with Crippen molar-refractivity contribution < 1.29 is 19.4 Å². The number of methoxy groups -OCH3 is 2. The summed E-state index contributed by atoms with van der Waals surface area (Å²) in [5.74, 6) is -0.0363. The fraction of sp³-hybridized carbons (Fsp3) is 0.0833. The fourth-order valence-corrected chi connectivity index (χ4v) is 3.22. The van der Waals surface area contributed by atoms with Crippen molar-refractivity contribution in [3.05, 3.63) is 78.0 Å². The molecule has 1 amide bonds. The van der Waals surface area contributed by atoms with Crippen molar-refractivity contribution in [2.75, 3.05) is 14.2 Å². The second-order valence-corrected chi connectivity index (χ2v) is 6.76. The molecule has 8 heteroatoms. The molecule has 2 aromatic carbocycles. The van der Waals surface area contributed by atoms with Crippen molar-refractivity contribution in [1.82, 2.24) is 15.4 Å². The molecule has 0 spiro atoms. The van der Waals surface area contributed by atoms with E-state index in [-0.39, 0.29) is 17.2 Å². The summed E-state index contributed by atoms with van der Waals surface area (Å²) in [5.41, 5.74) is 5.48. The largest absolute Gasteiger partial charge is 0.502 e. The van der Waals surface area contributed by atoms with E-state index in [2.05, 4.69) is 20.5 Å². The van der Waals surface area contributed by atoms with Gasteiger partial charge in [0.1, 0.15) is 0 Å². The van der Waals surface area contributed by atoms with Gasteiger partial charge < -0.3 is 14.6 Å². The third-order valence-electron chi connectivity index (χ3n) is 4.77. The second-order valence-electron chi connectivity index (χ2n) is 6.76. The zero-order valence-electron chi connectivity index (χ0n) is 17.4. The van der Waals surface area contributed by atoms with Crippen LogP contribution >= 0.6 is 0 Å². The molecule has 0 atom stereocenters. The number of hydrogen-bond acceptors (Lipinski definition) is 7. The third kappa shape index (κ3) is 4.20. The summed E-state index contributed by atoms with van der Waals surface area (Å²) >= 11 is 0. The van der Waals surface area contributed by atoms with Crippen LogP contribution in [0.4, 0.5) is 0 Å². The minimum atomic E-state index is -0.394. The molecule has 160 valence electrons. The van der Waals surface area contributed by atoms with Crippen LogP contribution in [0, 0.1) is 0 Å². The van der Waals surface area contributed by atoms with E-state index in [9.17, 15) is 9.90 Å². The van der Waals surface area contributed by atoms with Gasteiger partial charge in [0, 0.05) is 17.1 Å². The molecule has 8 nitrogen and oxygen atoms in total. The van der Waals surface area contributed by atoms with Crippen LogP contribution in [-0.4, -0.2) is 41.4 Å². The number of phenolic OH excluding ortho intramolecular Hbond substituents is 1. The summed E-state index contributed by atoms with van der Waals surface area (Å²) in [5, 5.41) is 14.8. The standard InChI is InChI=1S/C24H20N4O4/c1-31-21-11-15(12-22(32-2)23(21)29)14-26-28-24(30)17-13-20(19-9-5-6-10-25-19)27-18-8-4-3-7-16(17)18/h3-14,29H,1-2H3,(H,28,30). The Balaban J connectivity index is 1.65. The van der Waals surface area contributed by atoms with Gasteiger partial charge in [-0.1, -0.05) is 24.3 Å². The molecule has 0 bridgehead atoms. The monoisotopic (exact) mass is 428 g/mol. The molecule has 0 unspecified atom stereocenters. The fourth-order valence-electron chi connectivity index (χ4n) is 3.22. The Kier molecular flexibility index (Phi) is 5.94. The van der Waals surface area contributed by atoms with Crippen LogP contribution in [0.2, 0.25) is 0 Å². The SMILES string of the molecule is COc1cc(C=NNC(=O)c2cc(-c3ccccn3)nc3ccccc23)cc(OC)c1O. The molecule has 0 aliphatic rings. The lowest BCUT2D eigenvalue weighted by Crippen LogP contribution is -2.18. The third-order valence-corrected chi connectivity index (χ3v) is 4.77. The number of hydrogen-bond donors (Lipinski definition) is 2. The molecule has 0 aliphatic heterocycles. The molecule has 2 aromatic heterocycles. The smallest absolute Gasteiger partial charge is 0.272 e. The van der Waals surface area contributed by atoms with Crippen LogP contribution in [0.3, 0.4) is 0 Å². The Morgan fingerprint density at radius 3 is 2.41 bits per heavy atom. The van der Waals surface area contributed by atoms with E-state index in [1.165, 1.54) is 20.4 Å². The highest BCUT2D eigenvalue weighted by molar-refractivity contribution is 6.07. The number of carbonyl (C=O) groups excluding carboxylic acids is 1. The van der Waals surface area contributed by atoms with Crippen LogP contribution in [0.1, 0.15) is 15.9 Å². The number of aromatic hydroxyl groups is 1. The number of amides is 1. The van der Waals surface area contributed by atoms with Crippen LogP contribution in [0.5, 0.6) is 17.2 Å². The van der Waals surface area contributed by atoms with Crippen molar-refractivity contribution in [3.8, 4) is 28.6 Å². The molecule has 0 saturated carbocycles. The van der Waals surface area contributed by atoms with Crippen LogP contribution in [-0.2, 0) is 0 Å². The van der Waals surface area contributed by atoms with Gasteiger partial charge in [0.2, 0.25) is 5.75 Å². The molecule has 0 radical (unpaired) electrons. The van der Waals surface area contributed by atoms with Crippen molar-refractivity contribution in [3.63, 3.8) is 0 Å². The van der Waals surface area contributed by atoms with Gasteiger partial charge in [-0.05, 0) is 36.4 Å². The topological polar surface area (TPSA) is 106 Å². The number of aromatic nitrogens is 2. The number of rotatable bonds is 6. The number of ether oxygens (including phenoxy) is 2. The molecule has 32 heavy (non-hydrogen) atoms. The average molecular weight is 428 g/mol. The predicted molar refractivity (Wildman–Crippen MR) is 121 cm³/mol. The summed E-state index contributed by atoms with van der Waals surface area (Å²) in [6, 6.07) is 17.8. The first-order chi connectivity index (χ1) is 15.6. The van der Waals surface area contributed by atoms with Crippen molar-refractivity contribution in [1.29, 1.82) is 0 Å². The summed E-state index contributed by atoms with van der Waals surface area (Å²) < 4.78 is 10.3. The molecular weight excluding hydrogens is 408 g/mol. The Morgan fingerprint density at radius 2 is 1.72 bits per heavy atom. The van der Waals surface area contributed by atoms with E-state index < -0.39 is 5.91 Å². The average Bonchev–Trinajstić information content (AvgIpc) is 2.84. The van der Waals surface area contributed by atoms with Gasteiger partial charge in [0.25, 0.3) is 5.91 Å². The summed E-state index contributed by atoms with van der Waals surface area (Å²) in [6.45, 7) is 0.